The minimum atomic E-state index is -0.372. The highest BCUT2D eigenvalue weighted by Crippen LogP contribution is 2.29. The smallest absolute Gasteiger partial charge is 0.123 e. The van der Waals surface area contributed by atoms with Gasteiger partial charge in [0.15, 0.2) is 0 Å². The van der Waals surface area contributed by atoms with E-state index in [-0.39, 0.29) is 5.82 Å². The Morgan fingerprint density at radius 1 is 1.03 bits per heavy atom. The number of para-hydroxylation sites is 1. The Balaban J connectivity index is 1.81. The van der Waals surface area contributed by atoms with Crippen molar-refractivity contribution in [2.24, 2.45) is 0 Å². The lowest BCUT2D eigenvalue weighted by atomic mass is 10.0. The van der Waals surface area contributed by atoms with Crippen LogP contribution in [-0.2, 0) is 6.54 Å². The summed E-state index contributed by atoms with van der Waals surface area (Å²) in [6, 6.07) is 21.6. The Hall–Kier alpha value is -3.06. The van der Waals surface area contributed by atoms with Crippen molar-refractivity contribution < 1.29 is 4.39 Å². The lowest BCUT2D eigenvalue weighted by Crippen LogP contribution is -1.98. The molecule has 3 aromatic carbocycles. The molecule has 0 N–H and O–H groups in total. The molecular weight excluding hydrogens is 406 g/mol. The highest BCUT2D eigenvalue weighted by atomic mass is 35.5. The van der Waals surface area contributed by atoms with Gasteiger partial charge in [-0.15, -0.1) is 0 Å². The van der Waals surface area contributed by atoms with Crippen molar-refractivity contribution >= 4 is 45.8 Å². The van der Waals surface area contributed by atoms with Crippen molar-refractivity contribution in [3.63, 3.8) is 0 Å². The van der Waals surface area contributed by atoms with E-state index in [0.29, 0.717) is 27.7 Å². The summed E-state index contributed by atoms with van der Waals surface area (Å²) in [5, 5.41) is 11.8. The Bertz CT molecular complexity index is 1280. The zero-order chi connectivity index (χ0) is 20.4. The molecule has 1 heterocycles. The van der Waals surface area contributed by atoms with Gasteiger partial charge in [-0.25, -0.2) is 4.39 Å². The van der Waals surface area contributed by atoms with Gasteiger partial charge < -0.3 is 4.57 Å². The van der Waals surface area contributed by atoms with Gasteiger partial charge in [0.1, 0.15) is 5.82 Å². The van der Waals surface area contributed by atoms with Crippen LogP contribution in [0.25, 0.3) is 22.6 Å². The molecule has 0 unspecified atom stereocenters. The van der Waals surface area contributed by atoms with Crippen LogP contribution in [0, 0.1) is 17.1 Å². The maximum Gasteiger partial charge on any atom is 0.123 e. The monoisotopic (exact) mass is 420 g/mol. The van der Waals surface area contributed by atoms with Crippen molar-refractivity contribution in [1.82, 2.24) is 4.57 Å². The Morgan fingerprint density at radius 3 is 2.62 bits per heavy atom. The second-order valence-corrected chi connectivity index (χ2v) is 7.49. The van der Waals surface area contributed by atoms with E-state index in [0.717, 1.165) is 22.0 Å². The molecule has 4 rings (SSSR count). The van der Waals surface area contributed by atoms with Crippen LogP contribution >= 0.6 is 23.2 Å². The maximum absolute atomic E-state index is 13.6. The van der Waals surface area contributed by atoms with E-state index in [1.807, 2.05) is 42.6 Å². The molecule has 2 nitrogen and oxygen atoms in total. The maximum atomic E-state index is 13.6. The molecule has 0 aliphatic heterocycles. The highest BCUT2D eigenvalue weighted by molar-refractivity contribution is 6.35. The van der Waals surface area contributed by atoms with Crippen molar-refractivity contribution in [2.45, 2.75) is 6.54 Å². The first-order valence-corrected chi connectivity index (χ1v) is 9.70. The van der Waals surface area contributed by atoms with E-state index in [1.165, 1.54) is 12.1 Å². The first-order valence-electron chi connectivity index (χ1n) is 8.94. The second kappa shape index (κ2) is 8.13. The number of aromatic nitrogens is 1. The summed E-state index contributed by atoms with van der Waals surface area (Å²) < 4.78 is 15.7. The Kier molecular flexibility index (Phi) is 5.40. The fraction of sp³-hybridized carbons (Fsp3) is 0.0417. The first kappa shape index (κ1) is 19.3. The average Bonchev–Trinajstić information content (AvgIpc) is 3.06. The summed E-state index contributed by atoms with van der Waals surface area (Å²) in [5.41, 5.74) is 3.78. The number of hydrogen-bond acceptors (Lipinski definition) is 1. The average molecular weight is 421 g/mol. The molecule has 0 atom stereocenters. The molecule has 1 aromatic heterocycles. The fourth-order valence-electron chi connectivity index (χ4n) is 3.35. The van der Waals surface area contributed by atoms with Crippen LogP contribution in [0.15, 0.2) is 72.9 Å². The molecule has 4 aromatic rings. The molecule has 0 saturated carbocycles. The Labute approximate surface area is 178 Å². The topological polar surface area (TPSA) is 28.7 Å². The zero-order valence-electron chi connectivity index (χ0n) is 15.2. The van der Waals surface area contributed by atoms with Crippen molar-refractivity contribution in [3.05, 3.63) is 105 Å². The summed E-state index contributed by atoms with van der Waals surface area (Å²) in [5.74, 6) is -0.372. The van der Waals surface area contributed by atoms with E-state index < -0.39 is 0 Å². The molecule has 0 aliphatic carbocycles. The number of fused-ring (bicyclic) bond motifs is 1. The number of nitrogens with zero attached hydrogens (tertiary/aromatic N) is 2. The normalized spacial score (nSPS) is 11.6. The Morgan fingerprint density at radius 2 is 1.86 bits per heavy atom. The molecule has 0 aliphatic rings. The van der Waals surface area contributed by atoms with Gasteiger partial charge in [-0.2, -0.15) is 5.26 Å². The third-order valence-electron chi connectivity index (χ3n) is 4.73. The third-order valence-corrected chi connectivity index (χ3v) is 5.32. The van der Waals surface area contributed by atoms with Gasteiger partial charge in [0.2, 0.25) is 0 Å². The minimum Gasteiger partial charge on any atom is -0.342 e. The molecule has 142 valence electrons. The molecule has 29 heavy (non-hydrogen) atoms. The summed E-state index contributed by atoms with van der Waals surface area (Å²) in [6.07, 6.45) is 3.77. The molecule has 0 radical (unpaired) electrons. The van der Waals surface area contributed by atoms with Crippen LogP contribution in [0.3, 0.4) is 0 Å². The minimum absolute atomic E-state index is 0.372. The standard InChI is InChI=1S/C24H15Cl2FN2/c25-20-9-8-17(23(26)12-20)14-29-15-19(22-6-1-2-7-24(22)29)10-18(13-28)16-4-3-5-21(27)11-16/h1-12,15H,14H2/b18-10-. The zero-order valence-corrected chi connectivity index (χ0v) is 16.8. The SMILES string of the molecule is N#C/C(=C/c1cn(Cc2ccc(Cl)cc2Cl)c2ccccc12)c1cccc(F)c1. The van der Waals surface area contributed by atoms with Crippen molar-refractivity contribution in [2.75, 3.05) is 0 Å². The van der Waals surface area contributed by atoms with Crippen LogP contribution in [0.5, 0.6) is 0 Å². The lowest BCUT2D eigenvalue weighted by Gasteiger charge is -2.08. The molecule has 0 saturated heterocycles. The van der Waals surface area contributed by atoms with E-state index in [9.17, 15) is 9.65 Å². The van der Waals surface area contributed by atoms with Gasteiger partial charge >= 0.3 is 0 Å². The summed E-state index contributed by atoms with van der Waals surface area (Å²) >= 11 is 12.4. The lowest BCUT2D eigenvalue weighted by molar-refractivity contribution is 0.627. The quantitative estimate of drug-likeness (QED) is 0.320. The van der Waals surface area contributed by atoms with Gasteiger partial charge in [0.25, 0.3) is 0 Å². The molecule has 0 bridgehead atoms. The van der Waals surface area contributed by atoms with E-state index >= 15 is 0 Å². The number of nitriles is 1. The molecule has 0 fully saturated rings. The third kappa shape index (κ3) is 4.05. The largest absolute Gasteiger partial charge is 0.342 e. The number of rotatable bonds is 4. The second-order valence-electron chi connectivity index (χ2n) is 6.65. The first-order chi connectivity index (χ1) is 14.0. The van der Waals surface area contributed by atoms with Crippen LogP contribution in [0.2, 0.25) is 10.0 Å². The van der Waals surface area contributed by atoms with Gasteiger partial charge in [0, 0.05) is 39.3 Å². The summed E-state index contributed by atoms with van der Waals surface area (Å²) in [6.45, 7) is 0.562. The fourth-order valence-corrected chi connectivity index (χ4v) is 3.81. The predicted octanol–water partition coefficient (Wildman–Crippen LogP) is 7.20. The van der Waals surface area contributed by atoms with Crippen LogP contribution < -0.4 is 0 Å². The van der Waals surface area contributed by atoms with Gasteiger partial charge in [-0.3, -0.25) is 0 Å². The predicted molar refractivity (Wildman–Crippen MR) is 117 cm³/mol. The van der Waals surface area contributed by atoms with E-state index in [1.54, 1.807) is 24.3 Å². The van der Waals surface area contributed by atoms with Gasteiger partial charge in [-0.05, 0) is 47.5 Å². The van der Waals surface area contributed by atoms with Crippen molar-refractivity contribution in [3.8, 4) is 6.07 Å². The van der Waals surface area contributed by atoms with Crippen LogP contribution in [0.4, 0.5) is 4.39 Å². The summed E-state index contributed by atoms with van der Waals surface area (Å²) in [4.78, 5) is 0. The molecule has 5 heteroatoms. The number of allylic oxidation sites excluding steroid dienone is 1. The van der Waals surface area contributed by atoms with Gasteiger partial charge in [-0.1, -0.05) is 59.6 Å². The number of benzene rings is 3. The number of hydrogen-bond donors (Lipinski definition) is 0. The van der Waals surface area contributed by atoms with Gasteiger partial charge in [0.05, 0.1) is 11.6 Å². The number of halogens is 3. The van der Waals surface area contributed by atoms with Crippen LogP contribution in [-0.4, -0.2) is 4.57 Å². The van der Waals surface area contributed by atoms with Crippen LogP contribution in [0.1, 0.15) is 16.7 Å². The highest BCUT2D eigenvalue weighted by Gasteiger charge is 2.11. The molecule has 0 spiro atoms. The van der Waals surface area contributed by atoms with Crippen molar-refractivity contribution in [1.29, 1.82) is 5.26 Å². The molecular formula is C24H15Cl2FN2. The molecule has 0 amide bonds. The van der Waals surface area contributed by atoms with E-state index in [2.05, 4.69) is 10.6 Å². The van der Waals surface area contributed by atoms with E-state index in [4.69, 9.17) is 23.2 Å². The summed E-state index contributed by atoms with van der Waals surface area (Å²) in [7, 11) is 0.